The summed E-state index contributed by atoms with van der Waals surface area (Å²) >= 11 is 0. The molecule has 0 radical (unpaired) electrons. The number of methoxy groups -OCH3 is 1. The van der Waals surface area contributed by atoms with Crippen molar-refractivity contribution in [1.29, 1.82) is 0 Å². The maximum absolute atomic E-state index is 12.0. The first kappa shape index (κ1) is 16.5. The van der Waals surface area contributed by atoms with Crippen LogP contribution >= 0.6 is 0 Å². The Bertz CT molecular complexity index is 885. The molecule has 3 rings (SSSR count). The van der Waals surface area contributed by atoms with Gasteiger partial charge in [0.25, 0.3) is 0 Å². The lowest BCUT2D eigenvalue weighted by Crippen LogP contribution is -2.30. The molecule has 0 atom stereocenters. The molecule has 0 saturated carbocycles. The normalized spacial score (nSPS) is 10.6. The fourth-order valence-corrected chi connectivity index (χ4v) is 2.45. The maximum Gasteiger partial charge on any atom is 0.412 e. The SMILES string of the molecule is COC(=O)Nc1cnn(CC(=O)NCCc2c[nH]c3ccccc23)n1. The van der Waals surface area contributed by atoms with Gasteiger partial charge in [0.2, 0.25) is 5.91 Å². The molecular weight excluding hydrogens is 324 g/mol. The largest absolute Gasteiger partial charge is 0.453 e. The van der Waals surface area contributed by atoms with E-state index >= 15 is 0 Å². The van der Waals surface area contributed by atoms with Crippen LogP contribution < -0.4 is 10.6 Å². The molecule has 0 bridgehead atoms. The Kier molecular flexibility index (Phi) is 4.93. The van der Waals surface area contributed by atoms with Crippen LogP contribution in [0, 0.1) is 0 Å². The van der Waals surface area contributed by atoms with Gasteiger partial charge >= 0.3 is 6.09 Å². The van der Waals surface area contributed by atoms with Crippen LogP contribution in [0.3, 0.4) is 0 Å². The average Bonchev–Trinajstić information content (AvgIpc) is 3.22. The second-order valence-corrected chi connectivity index (χ2v) is 5.34. The molecule has 25 heavy (non-hydrogen) atoms. The van der Waals surface area contributed by atoms with Gasteiger partial charge in [-0.25, -0.2) is 4.79 Å². The number of para-hydroxylation sites is 1. The Morgan fingerprint density at radius 2 is 2.16 bits per heavy atom. The minimum Gasteiger partial charge on any atom is -0.453 e. The van der Waals surface area contributed by atoms with E-state index in [1.807, 2.05) is 30.5 Å². The zero-order chi connectivity index (χ0) is 17.6. The van der Waals surface area contributed by atoms with Crippen LogP contribution in [0.5, 0.6) is 0 Å². The van der Waals surface area contributed by atoms with E-state index in [1.165, 1.54) is 18.1 Å². The summed E-state index contributed by atoms with van der Waals surface area (Å²) in [5.74, 6) is 0.0125. The molecule has 0 saturated heterocycles. The van der Waals surface area contributed by atoms with Gasteiger partial charge < -0.3 is 15.0 Å². The van der Waals surface area contributed by atoms with Crippen molar-refractivity contribution in [3.8, 4) is 0 Å². The average molecular weight is 342 g/mol. The van der Waals surface area contributed by atoms with Crippen LogP contribution in [-0.4, -0.2) is 45.6 Å². The first-order chi connectivity index (χ1) is 12.2. The van der Waals surface area contributed by atoms with E-state index in [0.29, 0.717) is 6.54 Å². The number of carbonyl (C=O) groups is 2. The van der Waals surface area contributed by atoms with Crippen molar-refractivity contribution in [3.63, 3.8) is 0 Å². The summed E-state index contributed by atoms with van der Waals surface area (Å²) in [6, 6.07) is 8.03. The molecule has 2 aromatic heterocycles. The topological polar surface area (TPSA) is 114 Å². The van der Waals surface area contributed by atoms with E-state index < -0.39 is 6.09 Å². The number of anilines is 1. The summed E-state index contributed by atoms with van der Waals surface area (Å²) in [7, 11) is 1.25. The number of carbonyl (C=O) groups excluding carboxylic acids is 2. The summed E-state index contributed by atoms with van der Waals surface area (Å²) < 4.78 is 4.45. The number of nitrogens with one attached hydrogen (secondary N) is 3. The van der Waals surface area contributed by atoms with Crippen LogP contribution in [0.2, 0.25) is 0 Å². The molecule has 9 heteroatoms. The van der Waals surface area contributed by atoms with Crippen molar-refractivity contribution < 1.29 is 14.3 Å². The number of rotatable bonds is 6. The Morgan fingerprint density at radius 3 is 3.00 bits per heavy atom. The van der Waals surface area contributed by atoms with Gasteiger partial charge in [-0.15, -0.1) is 5.10 Å². The lowest BCUT2D eigenvalue weighted by molar-refractivity contribution is -0.122. The summed E-state index contributed by atoms with van der Waals surface area (Å²) in [4.78, 5) is 27.4. The molecule has 2 heterocycles. The highest BCUT2D eigenvalue weighted by atomic mass is 16.5. The molecule has 0 aliphatic rings. The molecule has 3 N–H and O–H groups in total. The molecular formula is C16H18N6O3. The third kappa shape index (κ3) is 4.14. The number of amides is 2. The Morgan fingerprint density at radius 1 is 1.32 bits per heavy atom. The summed E-state index contributed by atoms with van der Waals surface area (Å²) in [6.45, 7) is 0.478. The standard InChI is InChI=1S/C16H18N6O3/c1-25-16(24)20-14-9-19-22(21-14)10-15(23)17-7-6-11-8-18-13-5-3-2-4-12(11)13/h2-5,8-9,18H,6-7,10H2,1H3,(H,17,23)(H,20,21,24). The molecule has 0 aliphatic heterocycles. The van der Waals surface area contributed by atoms with Gasteiger partial charge in [0.15, 0.2) is 5.82 Å². The summed E-state index contributed by atoms with van der Waals surface area (Å²) in [6.07, 6.45) is 3.37. The van der Waals surface area contributed by atoms with Crippen LogP contribution in [0.4, 0.5) is 10.6 Å². The second kappa shape index (κ2) is 7.47. The Labute approximate surface area is 143 Å². The molecule has 0 unspecified atom stereocenters. The highest BCUT2D eigenvalue weighted by molar-refractivity contribution is 5.83. The number of aromatic amines is 1. The van der Waals surface area contributed by atoms with Crippen molar-refractivity contribution >= 4 is 28.7 Å². The maximum atomic E-state index is 12.0. The third-order valence-electron chi connectivity index (χ3n) is 3.63. The fourth-order valence-electron chi connectivity index (χ4n) is 2.45. The third-order valence-corrected chi connectivity index (χ3v) is 3.63. The van der Waals surface area contributed by atoms with Crippen molar-refractivity contribution in [2.24, 2.45) is 0 Å². The number of hydrogen-bond donors (Lipinski definition) is 3. The summed E-state index contributed by atoms with van der Waals surface area (Å²) in [5.41, 5.74) is 2.23. The molecule has 9 nitrogen and oxygen atoms in total. The Balaban J connectivity index is 1.47. The van der Waals surface area contributed by atoms with Crippen LogP contribution in [0.25, 0.3) is 10.9 Å². The van der Waals surface area contributed by atoms with Crippen molar-refractivity contribution in [2.75, 3.05) is 19.0 Å². The fraction of sp³-hybridized carbons (Fsp3) is 0.250. The van der Waals surface area contributed by atoms with Gasteiger partial charge in [0.05, 0.1) is 13.3 Å². The molecule has 3 aromatic rings. The monoisotopic (exact) mass is 342 g/mol. The van der Waals surface area contributed by atoms with Gasteiger partial charge in [-0.1, -0.05) is 18.2 Å². The predicted molar refractivity (Wildman–Crippen MR) is 91.1 cm³/mol. The first-order valence-electron chi connectivity index (χ1n) is 7.72. The second-order valence-electron chi connectivity index (χ2n) is 5.34. The lowest BCUT2D eigenvalue weighted by atomic mass is 10.1. The molecule has 0 fully saturated rings. The number of ether oxygens (including phenoxy) is 1. The van der Waals surface area contributed by atoms with Crippen LogP contribution in [0.15, 0.2) is 36.7 Å². The highest BCUT2D eigenvalue weighted by Crippen LogP contribution is 2.17. The smallest absolute Gasteiger partial charge is 0.412 e. The zero-order valence-electron chi connectivity index (χ0n) is 13.7. The van der Waals surface area contributed by atoms with Crippen molar-refractivity contribution in [1.82, 2.24) is 25.3 Å². The lowest BCUT2D eigenvalue weighted by Gasteiger charge is -2.04. The quantitative estimate of drug-likeness (QED) is 0.625. The number of hydrogen-bond acceptors (Lipinski definition) is 5. The molecule has 0 spiro atoms. The van der Waals surface area contributed by atoms with Crippen molar-refractivity contribution in [2.45, 2.75) is 13.0 Å². The number of fused-ring (bicyclic) bond motifs is 1. The van der Waals surface area contributed by atoms with E-state index in [2.05, 4.69) is 30.6 Å². The number of benzene rings is 1. The predicted octanol–water partition coefficient (Wildman–Crippen LogP) is 1.30. The molecule has 130 valence electrons. The molecule has 0 aliphatic carbocycles. The first-order valence-corrected chi connectivity index (χ1v) is 7.72. The number of nitrogens with zero attached hydrogens (tertiary/aromatic N) is 3. The highest BCUT2D eigenvalue weighted by Gasteiger charge is 2.09. The van der Waals surface area contributed by atoms with Crippen LogP contribution in [0.1, 0.15) is 5.56 Å². The zero-order valence-corrected chi connectivity index (χ0v) is 13.7. The van der Waals surface area contributed by atoms with Gasteiger partial charge in [0.1, 0.15) is 6.54 Å². The van der Waals surface area contributed by atoms with E-state index in [9.17, 15) is 9.59 Å². The van der Waals surface area contributed by atoms with Gasteiger partial charge in [0, 0.05) is 23.6 Å². The molecule has 1 aromatic carbocycles. The number of H-pyrrole nitrogens is 1. The van der Waals surface area contributed by atoms with E-state index in [-0.39, 0.29) is 18.3 Å². The Hall–Kier alpha value is -3.36. The van der Waals surface area contributed by atoms with Gasteiger partial charge in [-0.2, -0.15) is 9.90 Å². The molecule has 2 amide bonds. The minimum absolute atomic E-state index is 0.0310. The van der Waals surface area contributed by atoms with Gasteiger partial charge in [-0.05, 0) is 18.1 Å². The van der Waals surface area contributed by atoms with Gasteiger partial charge in [-0.3, -0.25) is 10.1 Å². The minimum atomic E-state index is -0.643. The number of aromatic nitrogens is 4. The van der Waals surface area contributed by atoms with E-state index in [4.69, 9.17) is 0 Å². The van der Waals surface area contributed by atoms with Crippen LogP contribution in [-0.2, 0) is 22.5 Å². The summed E-state index contributed by atoms with van der Waals surface area (Å²) in [5, 5.41) is 14.2. The van der Waals surface area contributed by atoms with E-state index in [0.717, 1.165) is 22.9 Å². The van der Waals surface area contributed by atoms with E-state index in [1.54, 1.807) is 0 Å². The van der Waals surface area contributed by atoms with Crippen molar-refractivity contribution in [3.05, 3.63) is 42.2 Å².